The predicted octanol–water partition coefficient (Wildman–Crippen LogP) is 10.8. The molecule has 0 unspecified atom stereocenters. The first kappa shape index (κ1) is 41.5. The third-order valence-electron chi connectivity index (χ3n) is 9.96. The standard InChI is InChI=1S/C52H56O4/c1-49(2,3)41-25-33-17-19-35-27-42(50(4,5)6)29-37(46(35)54-14)21-23-39-31-44(52(10,11)12)32-40(48(39)56-16)24-22-38-30-43(51(7,8)9)28-36(47(38)55-15)20-18-34(26-41)45(33)53-13/h25-32H,1-16H3. The Morgan fingerprint density at radius 2 is 0.393 bits per heavy atom. The number of methoxy groups -OCH3 is 4. The van der Waals surface area contributed by atoms with Crippen LogP contribution in [-0.4, -0.2) is 28.4 Å². The highest BCUT2D eigenvalue weighted by molar-refractivity contribution is 5.69. The van der Waals surface area contributed by atoms with E-state index >= 15 is 0 Å². The summed E-state index contributed by atoms with van der Waals surface area (Å²) in [5.41, 5.74) is 9.44. The molecule has 0 aromatic heterocycles. The molecule has 0 N–H and O–H groups in total. The Bertz CT molecular complexity index is 1990. The molecule has 1 aliphatic rings. The normalized spacial score (nSPS) is 12.3. The SMILES string of the molecule is COc1c2cc(C(C)(C)C)cc1C#Cc1cc(C(C)(C)C)cc(c1OC)C#Cc1cc(C(C)(C)C)cc(c1OC)C#Cc1cc(C(C)(C)C)cc(c1OC)C#C2. The molecular formula is C52H56O4. The maximum atomic E-state index is 6.09. The van der Waals surface area contributed by atoms with E-state index in [4.69, 9.17) is 18.9 Å². The van der Waals surface area contributed by atoms with E-state index in [0.717, 1.165) is 66.8 Å². The van der Waals surface area contributed by atoms with Crippen LogP contribution in [0.4, 0.5) is 0 Å². The molecule has 4 nitrogen and oxygen atoms in total. The number of hydrogen-bond acceptors (Lipinski definition) is 4. The predicted molar refractivity (Wildman–Crippen MR) is 231 cm³/mol. The molecule has 0 saturated heterocycles. The lowest BCUT2D eigenvalue weighted by molar-refractivity contribution is 0.410. The summed E-state index contributed by atoms with van der Waals surface area (Å²) in [6, 6.07) is 16.8. The summed E-state index contributed by atoms with van der Waals surface area (Å²) < 4.78 is 24.4. The van der Waals surface area contributed by atoms with Crippen molar-refractivity contribution in [2.24, 2.45) is 0 Å². The van der Waals surface area contributed by atoms with Crippen LogP contribution in [0, 0.1) is 47.4 Å². The molecule has 0 atom stereocenters. The Hall–Kier alpha value is -5.68. The summed E-state index contributed by atoms with van der Waals surface area (Å²) in [5, 5.41) is 0. The fourth-order valence-corrected chi connectivity index (χ4v) is 6.41. The molecule has 0 aliphatic heterocycles. The minimum absolute atomic E-state index is 0.185. The summed E-state index contributed by atoms with van der Waals surface area (Å²) in [4.78, 5) is 0. The van der Waals surface area contributed by atoms with Crippen molar-refractivity contribution < 1.29 is 18.9 Å². The summed E-state index contributed by atoms with van der Waals surface area (Å²) in [5.74, 6) is 30.2. The summed E-state index contributed by atoms with van der Waals surface area (Å²) in [6.07, 6.45) is 0. The molecule has 4 heteroatoms. The van der Waals surface area contributed by atoms with Gasteiger partial charge in [-0.15, -0.1) is 0 Å². The first-order valence-electron chi connectivity index (χ1n) is 19.1. The molecule has 0 heterocycles. The highest BCUT2D eigenvalue weighted by atomic mass is 16.5. The molecule has 56 heavy (non-hydrogen) atoms. The monoisotopic (exact) mass is 744 g/mol. The maximum Gasteiger partial charge on any atom is 0.150 e. The molecule has 0 radical (unpaired) electrons. The largest absolute Gasteiger partial charge is 0.494 e. The third-order valence-corrected chi connectivity index (χ3v) is 9.96. The van der Waals surface area contributed by atoms with Gasteiger partial charge in [0.25, 0.3) is 0 Å². The molecule has 0 spiro atoms. The van der Waals surface area contributed by atoms with Crippen molar-refractivity contribution in [3.8, 4) is 70.4 Å². The second-order valence-corrected chi connectivity index (χ2v) is 18.4. The van der Waals surface area contributed by atoms with Crippen LogP contribution >= 0.6 is 0 Å². The van der Waals surface area contributed by atoms with Crippen molar-refractivity contribution in [3.05, 3.63) is 115 Å². The number of hydrogen-bond donors (Lipinski definition) is 0. The zero-order chi connectivity index (χ0) is 41.4. The fraction of sp³-hybridized carbons (Fsp3) is 0.385. The van der Waals surface area contributed by atoms with Gasteiger partial charge >= 0.3 is 0 Å². The second kappa shape index (κ2) is 15.5. The van der Waals surface area contributed by atoms with Crippen molar-refractivity contribution in [2.45, 2.75) is 105 Å². The average molecular weight is 745 g/mol. The minimum atomic E-state index is -0.185. The van der Waals surface area contributed by atoms with Gasteiger partial charge in [-0.2, -0.15) is 0 Å². The lowest BCUT2D eigenvalue weighted by Gasteiger charge is -2.22. The van der Waals surface area contributed by atoms with E-state index in [-0.39, 0.29) is 21.7 Å². The van der Waals surface area contributed by atoms with Crippen LogP contribution in [-0.2, 0) is 21.7 Å². The van der Waals surface area contributed by atoms with Gasteiger partial charge < -0.3 is 18.9 Å². The molecule has 1 aliphatic carbocycles. The quantitative estimate of drug-likeness (QED) is 0.172. The highest BCUT2D eigenvalue weighted by Gasteiger charge is 2.23. The fourth-order valence-electron chi connectivity index (χ4n) is 6.41. The van der Waals surface area contributed by atoms with Crippen LogP contribution in [0.3, 0.4) is 0 Å². The average Bonchev–Trinajstić information content (AvgIpc) is 3.11. The van der Waals surface area contributed by atoms with Gasteiger partial charge in [0.05, 0.1) is 72.9 Å². The van der Waals surface area contributed by atoms with Crippen LogP contribution in [0.15, 0.2) is 48.5 Å². The zero-order valence-corrected chi connectivity index (χ0v) is 36.3. The first-order chi connectivity index (χ1) is 26.1. The van der Waals surface area contributed by atoms with E-state index < -0.39 is 0 Å². The lowest BCUT2D eigenvalue weighted by atomic mass is 9.83. The van der Waals surface area contributed by atoms with E-state index in [1.54, 1.807) is 28.4 Å². The molecular weight excluding hydrogens is 689 g/mol. The van der Waals surface area contributed by atoms with Gasteiger partial charge in [0.2, 0.25) is 0 Å². The second-order valence-electron chi connectivity index (χ2n) is 18.4. The van der Waals surface area contributed by atoms with Crippen molar-refractivity contribution in [2.75, 3.05) is 28.4 Å². The van der Waals surface area contributed by atoms with Crippen molar-refractivity contribution in [1.29, 1.82) is 0 Å². The zero-order valence-electron chi connectivity index (χ0n) is 36.3. The number of rotatable bonds is 4. The van der Waals surface area contributed by atoms with E-state index in [0.29, 0.717) is 23.0 Å². The van der Waals surface area contributed by atoms with Gasteiger partial charge in [0, 0.05) is 0 Å². The Kier molecular flexibility index (Phi) is 11.4. The van der Waals surface area contributed by atoms with Gasteiger partial charge in [0.15, 0.2) is 0 Å². The Morgan fingerprint density at radius 3 is 0.482 bits per heavy atom. The summed E-state index contributed by atoms with van der Waals surface area (Å²) in [6.45, 7) is 26.2. The van der Waals surface area contributed by atoms with E-state index in [2.05, 4.69) is 179 Å². The first-order valence-corrected chi connectivity index (χ1v) is 19.1. The van der Waals surface area contributed by atoms with Gasteiger partial charge in [-0.25, -0.2) is 0 Å². The Balaban J connectivity index is 2.01. The van der Waals surface area contributed by atoms with Gasteiger partial charge in [-0.05, 0) is 92.4 Å². The molecule has 8 bridgehead atoms. The minimum Gasteiger partial charge on any atom is -0.494 e. The lowest BCUT2D eigenvalue weighted by Crippen LogP contribution is -2.13. The molecule has 5 rings (SSSR count). The van der Waals surface area contributed by atoms with Crippen molar-refractivity contribution >= 4 is 0 Å². The molecule has 288 valence electrons. The molecule has 4 aromatic rings. The third kappa shape index (κ3) is 8.89. The summed E-state index contributed by atoms with van der Waals surface area (Å²) in [7, 11) is 6.66. The Labute approximate surface area is 336 Å². The molecule has 0 saturated carbocycles. The van der Waals surface area contributed by atoms with Gasteiger partial charge in [0.1, 0.15) is 23.0 Å². The van der Waals surface area contributed by atoms with Gasteiger partial charge in [-0.1, -0.05) is 130 Å². The number of fused-ring (bicyclic) bond motifs is 8. The Morgan fingerprint density at radius 1 is 0.268 bits per heavy atom. The topological polar surface area (TPSA) is 36.9 Å². The van der Waals surface area contributed by atoms with E-state index in [1.165, 1.54) is 0 Å². The smallest absolute Gasteiger partial charge is 0.150 e. The van der Waals surface area contributed by atoms with Crippen LogP contribution < -0.4 is 18.9 Å². The van der Waals surface area contributed by atoms with Crippen LogP contribution in [0.5, 0.6) is 23.0 Å². The molecule has 0 fully saturated rings. The van der Waals surface area contributed by atoms with Crippen LogP contribution in [0.25, 0.3) is 0 Å². The summed E-state index contributed by atoms with van der Waals surface area (Å²) >= 11 is 0. The van der Waals surface area contributed by atoms with E-state index in [9.17, 15) is 0 Å². The van der Waals surface area contributed by atoms with Crippen molar-refractivity contribution in [1.82, 2.24) is 0 Å². The molecule has 0 amide bonds. The molecule has 4 aromatic carbocycles. The highest BCUT2D eigenvalue weighted by Crippen LogP contribution is 2.37. The van der Waals surface area contributed by atoms with Gasteiger partial charge in [-0.3, -0.25) is 0 Å². The van der Waals surface area contributed by atoms with Crippen molar-refractivity contribution in [3.63, 3.8) is 0 Å². The maximum absolute atomic E-state index is 6.09. The number of ether oxygens (including phenoxy) is 4. The van der Waals surface area contributed by atoms with Crippen LogP contribution in [0.2, 0.25) is 0 Å². The number of benzene rings is 4. The van der Waals surface area contributed by atoms with Crippen LogP contribution in [0.1, 0.15) is 150 Å². The van der Waals surface area contributed by atoms with E-state index in [1.807, 2.05) is 0 Å².